The first-order valence-electron chi connectivity index (χ1n) is 5.66. The Morgan fingerprint density at radius 2 is 1.83 bits per heavy atom. The molecule has 0 aliphatic rings. The van der Waals surface area contributed by atoms with Gasteiger partial charge in [-0.3, -0.25) is 9.59 Å². The second-order valence-electron chi connectivity index (χ2n) is 4.57. The van der Waals surface area contributed by atoms with E-state index in [4.69, 9.17) is 0 Å². The van der Waals surface area contributed by atoms with Crippen molar-refractivity contribution in [2.45, 2.75) is 0 Å². The van der Waals surface area contributed by atoms with Crippen LogP contribution in [0.3, 0.4) is 0 Å². The Bertz CT molecular complexity index is 442. The molecule has 0 bridgehead atoms. The molecule has 5 heteroatoms. The van der Waals surface area contributed by atoms with Crippen molar-refractivity contribution in [1.29, 1.82) is 0 Å². The van der Waals surface area contributed by atoms with Gasteiger partial charge in [0.05, 0.1) is 6.54 Å². The number of carbonyl (C=O) groups is 2. The minimum atomic E-state index is -0.102. The minimum absolute atomic E-state index is 0.0845. The third-order valence-corrected chi connectivity index (χ3v) is 2.26. The highest BCUT2D eigenvalue weighted by Gasteiger charge is 2.09. The van der Waals surface area contributed by atoms with E-state index < -0.39 is 0 Å². The van der Waals surface area contributed by atoms with Gasteiger partial charge in [-0.2, -0.15) is 0 Å². The van der Waals surface area contributed by atoms with Gasteiger partial charge in [-0.25, -0.2) is 0 Å². The summed E-state index contributed by atoms with van der Waals surface area (Å²) in [6.07, 6.45) is 0. The zero-order valence-corrected chi connectivity index (χ0v) is 11.2. The summed E-state index contributed by atoms with van der Waals surface area (Å²) in [5.74, 6) is -0.187. The quantitative estimate of drug-likeness (QED) is 0.862. The molecular weight excluding hydrogens is 230 g/mol. The number of amides is 2. The van der Waals surface area contributed by atoms with Gasteiger partial charge in [-0.1, -0.05) is 6.07 Å². The predicted molar refractivity (Wildman–Crippen MR) is 71.6 cm³/mol. The lowest BCUT2D eigenvalue weighted by atomic mass is 10.2. The Kier molecular flexibility index (Phi) is 4.85. The molecule has 1 aromatic rings. The van der Waals surface area contributed by atoms with Gasteiger partial charge in [0, 0.05) is 25.3 Å². The summed E-state index contributed by atoms with van der Waals surface area (Å²) in [7, 11) is 7.04. The Morgan fingerprint density at radius 1 is 1.17 bits per heavy atom. The van der Waals surface area contributed by atoms with Crippen LogP contribution in [0.25, 0.3) is 0 Å². The smallest absolute Gasteiger partial charge is 0.253 e. The average molecular weight is 249 g/mol. The maximum Gasteiger partial charge on any atom is 0.253 e. The Hall–Kier alpha value is -1.88. The maximum absolute atomic E-state index is 11.8. The van der Waals surface area contributed by atoms with E-state index in [-0.39, 0.29) is 11.8 Å². The van der Waals surface area contributed by atoms with E-state index in [1.54, 1.807) is 43.3 Å². The molecule has 0 saturated heterocycles. The molecule has 0 unspecified atom stereocenters. The van der Waals surface area contributed by atoms with Gasteiger partial charge in [0.25, 0.3) is 5.91 Å². The molecule has 2 amide bonds. The summed E-state index contributed by atoms with van der Waals surface area (Å²) in [5, 5.41) is 2.76. The molecule has 98 valence electrons. The van der Waals surface area contributed by atoms with Gasteiger partial charge in [-0.05, 0) is 32.3 Å². The summed E-state index contributed by atoms with van der Waals surface area (Å²) >= 11 is 0. The number of likely N-dealkylation sites (N-methyl/N-ethyl adjacent to an activating group) is 1. The maximum atomic E-state index is 11.8. The molecule has 0 spiro atoms. The molecule has 1 N–H and O–H groups in total. The van der Waals surface area contributed by atoms with Gasteiger partial charge in [0.1, 0.15) is 0 Å². The summed E-state index contributed by atoms with van der Waals surface area (Å²) in [6.45, 7) is 0.311. The van der Waals surface area contributed by atoms with E-state index in [1.807, 2.05) is 14.1 Å². The van der Waals surface area contributed by atoms with Crippen molar-refractivity contribution < 1.29 is 9.59 Å². The molecule has 1 aromatic carbocycles. The van der Waals surface area contributed by atoms with Gasteiger partial charge in [0.15, 0.2) is 0 Å². The number of carbonyl (C=O) groups excluding carboxylic acids is 2. The van der Waals surface area contributed by atoms with E-state index in [0.29, 0.717) is 17.8 Å². The predicted octanol–water partition coefficient (Wildman–Crippen LogP) is 0.888. The fraction of sp³-hybridized carbons (Fsp3) is 0.385. The lowest BCUT2D eigenvalue weighted by molar-refractivity contribution is -0.116. The molecule has 0 aliphatic carbocycles. The van der Waals surface area contributed by atoms with Crippen LogP contribution in [-0.4, -0.2) is 56.3 Å². The molecule has 0 radical (unpaired) electrons. The van der Waals surface area contributed by atoms with Crippen LogP contribution in [0.5, 0.6) is 0 Å². The van der Waals surface area contributed by atoms with E-state index in [9.17, 15) is 9.59 Å². The first-order chi connectivity index (χ1) is 8.40. The van der Waals surface area contributed by atoms with Crippen LogP contribution >= 0.6 is 0 Å². The molecule has 0 fully saturated rings. The number of nitrogens with zero attached hydrogens (tertiary/aromatic N) is 2. The number of anilines is 1. The fourth-order valence-corrected chi connectivity index (χ4v) is 1.48. The molecule has 5 nitrogen and oxygen atoms in total. The normalized spacial score (nSPS) is 10.3. The number of hydrogen-bond donors (Lipinski definition) is 1. The summed E-state index contributed by atoms with van der Waals surface area (Å²) in [5.41, 5.74) is 1.19. The minimum Gasteiger partial charge on any atom is -0.345 e. The fourth-order valence-electron chi connectivity index (χ4n) is 1.48. The van der Waals surface area contributed by atoms with Gasteiger partial charge >= 0.3 is 0 Å². The largest absolute Gasteiger partial charge is 0.345 e. The van der Waals surface area contributed by atoms with E-state index in [2.05, 4.69) is 5.32 Å². The average Bonchev–Trinajstić information content (AvgIpc) is 2.26. The van der Waals surface area contributed by atoms with Crippen molar-refractivity contribution in [3.63, 3.8) is 0 Å². The first kappa shape index (κ1) is 14.2. The molecule has 18 heavy (non-hydrogen) atoms. The van der Waals surface area contributed by atoms with Crippen LogP contribution in [0.2, 0.25) is 0 Å². The van der Waals surface area contributed by atoms with Gasteiger partial charge < -0.3 is 15.1 Å². The third kappa shape index (κ3) is 4.18. The Morgan fingerprint density at radius 3 is 2.39 bits per heavy atom. The number of nitrogens with one attached hydrogen (secondary N) is 1. The molecule has 0 atom stereocenters. The van der Waals surface area contributed by atoms with Crippen molar-refractivity contribution in [3.05, 3.63) is 29.8 Å². The number of rotatable bonds is 4. The van der Waals surface area contributed by atoms with Crippen LogP contribution in [0.4, 0.5) is 5.69 Å². The van der Waals surface area contributed by atoms with Crippen molar-refractivity contribution in [2.24, 2.45) is 0 Å². The lowest BCUT2D eigenvalue weighted by Gasteiger charge is -2.13. The summed E-state index contributed by atoms with van der Waals surface area (Å²) < 4.78 is 0. The van der Waals surface area contributed by atoms with Gasteiger partial charge in [0.2, 0.25) is 5.91 Å². The second kappa shape index (κ2) is 6.16. The third-order valence-electron chi connectivity index (χ3n) is 2.26. The van der Waals surface area contributed by atoms with Crippen LogP contribution < -0.4 is 5.32 Å². The zero-order chi connectivity index (χ0) is 13.7. The summed E-state index contributed by atoms with van der Waals surface area (Å²) in [6, 6.07) is 6.92. The highest BCUT2D eigenvalue weighted by atomic mass is 16.2. The van der Waals surface area contributed by atoms with Gasteiger partial charge in [-0.15, -0.1) is 0 Å². The van der Waals surface area contributed by atoms with E-state index in [1.165, 1.54) is 4.90 Å². The topological polar surface area (TPSA) is 52.7 Å². The Balaban J connectivity index is 2.77. The van der Waals surface area contributed by atoms with Crippen LogP contribution in [0.15, 0.2) is 24.3 Å². The second-order valence-corrected chi connectivity index (χ2v) is 4.57. The zero-order valence-electron chi connectivity index (χ0n) is 11.2. The van der Waals surface area contributed by atoms with Crippen LogP contribution in [-0.2, 0) is 4.79 Å². The highest BCUT2D eigenvalue weighted by Crippen LogP contribution is 2.11. The Labute approximate surface area is 107 Å². The highest BCUT2D eigenvalue weighted by molar-refractivity contribution is 5.97. The standard InChI is InChI=1S/C13H19N3O2/c1-15(2)9-12(17)14-11-7-5-6-10(8-11)13(18)16(3)4/h5-8H,9H2,1-4H3,(H,14,17). The molecular formula is C13H19N3O2. The molecule has 0 aromatic heterocycles. The number of benzene rings is 1. The van der Waals surface area contributed by atoms with Crippen LogP contribution in [0, 0.1) is 0 Å². The SMILES string of the molecule is CN(C)CC(=O)Nc1cccc(C(=O)N(C)C)c1. The van der Waals surface area contributed by atoms with E-state index >= 15 is 0 Å². The molecule has 0 saturated carbocycles. The van der Waals surface area contributed by atoms with E-state index in [0.717, 1.165) is 0 Å². The monoisotopic (exact) mass is 249 g/mol. The summed E-state index contributed by atoms with van der Waals surface area (Å²) in [4.78, 5) is 26.6. The first-order valence-corrected chi connectivity index (χ1v) is 5.66. The molecule has 0 heterocycles. The molecule has 1 rings (SSSR count). The molecule has 0 aliphatic heterocycles. The van der Waals surface area contributed by atoms with Crippen molar-refractivity contribution >= 4 is 17.5 Å². The van der Waals surface area contributed by atoms with Crippen molar-refractivity contribution in [2.75, 3.05) is 40.1 Å². The van der Waals surface area contributed by atoms with Crippen LogP contribution in [0.1, 0.15) is 10.4 Å². The number of hydrogen-bond acceptors (Lipinski definition) is 3. The lowest BCUT2D eigenvalue weighted by Crippen LogP contribution is -2.27. The van der Waals surface area contributed by atoms with Crippen molar-refractivity contribution in [1.82, 2.24) is 9.80 Å². The van der Waals surface area contributed by atoms with Crippen molar-refractivity contribution in [3.8, 4) is 0 Å².